The van der Waals surface area contributed by atoms with Crippen LogP contribution in [0.25, 0.3) is 0 Å². The zero-order valence-corrected chi connectivity index (χ0v) is 15.9. The van der Waals surface area contributed by atoms with Crippen LogP contribution in [-0.2, 0) is 4.79 Å². The lowest BCUT2D eigenvalue weighted by Gasteiger charge is -2.34. The second kappa shape index (κ2) is 8.90. The molecule has 8 heteroatoms. The molecular formula is C19H22ClN3O4. The second-order valence-electron chi connectivity index (χ2n) is 6.38. The quantitative estimate of drug-likeness (QED) is 0.708. The zero-order chi connectivity index (χ0) is 19.2. The van der Waals surface area contributed by atoms with Crippen LogP contribution in [0.3, 0.4) is 0 Å². The molecule has 2 amide bonds. The van der Waals surface area contributed by atoms with E-state index in [2.05, 4.69) is 5.16 Å². The summed E-state index contributed by atoms with van der Waals surface area (Å²) >= 11 is 6.03. The topological polar surface area (TPSA) is 75.9 Å². The molecule has 1 saturated heterocycles. The van der Waals surface area contributed by atoms with Gasteiger partial charge in [-0.2, -0.15) is 0 Å². The molecule has 0 bridgehead atoms. The number of nitrogens with zero attached hydrogens (tertiary/aromatic N) is 3. The van der Waals surface area contributed by atoms with Crippen molar-refractivity contribution in [3.05, 3.63) is 46.8 Å². The number of carbonyl (C=O) groups excluding carboxylic acids is 2. The summed E-state index contributed by atoms with van der Waals surface area (Å²) in [5.74, 6) is 1.14. The van der Waals surface area contributed by atoms with Crippen LogP contribution in [0.4, 0.5) is 0 Å². The summed E-state index contributed by atoms with van der Waals surface area (Å²) in [6, 6.07) is 8.89. The monoisotopic (exact) mass is 391 g/mol. The fourth-order valence-electron chi connectivity index (χ4n) is 2.91. The van der Waals surface area contributed by atoms with E-state index in [-0.39, 0.29) is 11.8 Å². The minimum absolute atomic E-state index is 0.0714. The molecule has 0 unspecified atom stereocenters. The molecule has 2 heterocycles. The van der Waals surface area contributed by atoms with E-state index in [4.69, 9.17) is 20.9 Å². The number of halogens is 1. The molecule has 0 saturated carbocycles. The van der Waals surface area contributed by atoms with Gasteiger partial charge in [0.2, 0.25) is 5.91 Å². The fraction of sp³-hybridized carbons (Fsp3) is 0.421. The third kappa shape index (κ3) is 5.01. The molecule has 7 nitrogen and oxygen atoms in total. The highest BCUT2D eigenvalue weighted by Crippen LogP contribution is 2.23. The first-order valence-electron chi connectivity index (χ1n) is 8.92. The van der Waals surface area contributed by atoms with Crippen LogP contribution in [-0.4, -0.2) is 59.6 Å². The van der Waals surface area contributed by atoms with Crippen LogP contribution >= 0.6 is 11.6 Å². The van der Waals surface area contributed by atoms with Crippen molar-refractivity contribution in [3.8, 4) is 5.75 Å². The smallest absolute Gasteiger partial charge is 0.276 e. The Morgan fingerprint density at radius 2 is 1.89 bits per heavy atom. The maximum absolute atomic E-state index is 12.3. The van der Waals surface area contributed by atoms with E-state index < -0.39 is 0 Å². The number of carbonyl (C=O) groups is 2. The molecule has 0 atom stereocenters. The lowest BCUT2D eigenvalue weighted by molar-refractivity contribution is -0.132. The van der Waals surface area contributed by atoms with Gasteiger partial charge in [0.15, 0.2) is 5.69 Å². The summed E-state index contributed by atoms with van der Waals surface area (Å²) in [4.78, 5) is 28.2. The average molecular weight is 392 g/mol. The Morgan fingerprint density at radius 3 is 2.56 bits per heavy atom. The molecular weight excluding hydrogens is 370 g/mol. The number of aryl methyl sites for hydroxylation is 1. The maximum Gasteiger partial charge on any atom is 0.276 e. The molecule has 27 heavy (non-hydrogen) atoms. The molecule has 2 aromatic rings. The van der Waals surface area contributed by atoms with Crippen LogP contribution in [0.1, 0.15) is 29.1 Å². The predicted octanol–water partition coefficient (Wildman–Crippen LogP) is 2.78. The van der Waals surface area contributed by atoms with E-state index in [0.29, 0.717) is 67.9 Å². The number of hydrogen-bond acceptors (Lipinski definition) is 5. The van der Waals surface area contributed by atoms with Crippen LogP contribution in [0, 0.1) is 6.92 Å². The second-order valence-corrected chi connectivity index (χ2v) is 6.79. The van der Waals surface area contributed by atoms with Gasteiger partial charge >= 0.3 is 0 Å². The number of aromatic nitrogens is 1. The average Bonchev–Trinajstić information content (AvgIpc) is 3.12. The van der Waals surface area contributed by atoms with Crippen LogP contribution in [0.5, 0.6) is 5.75 Å². The molecule has 0 spiro atoms. The molecule has 0 N–H and O–H groups in total. The van der Waals surface area contributed by atoms with E-state index in [1.165, 1.54) is 0 Å². The Kier molecular flexibility index (Phi) is 6.34. The first-order valence-corrected chi connectivity index (χ1v) is 9.30. The van der Waals surface area contributed by atoms with E-state index in [1.54, 1.807) is 34.9 Å². The van der Waals surface area contributed by atoms with Crippen LogP contribution in [0.2, 0.25) is 5.02 Å². The van der Waals surface area contributed by atoms with Gasteiger partial charge < -0.3 is 19.1 Å². The highest BCUT2D eigenvalue weighted by Gasteiger charge is 2.26. The largest absolute Gasteiger partial charge is 0.492 e. The molecule has 1 aliphatic heterocycles. The fourth-order valence-corrected chi connectivity index (χ4v) is 3.10. The third-order valence-corrected chi connectivity index (χ3v) is 4.71. The summed E-state index contributed by atoms with van der Waals surface area (Å²) in [5, 5.41) is 4.32. The van der Waals surface area contributed by atoms with Gasteiger partial charge in [-0.3, -0.25) is 9.59 Å². The predicted molar refractivity (Wildman–Crippen MR) is 99.9 cm³/mol. The molecule has 1 aliphatic rings. The van der Waals surface area contributed by atoms with Crippen molar-refractivity contribution < 1.29 is 18.8 Å². The number of piperazine rings is 1. The van der Waals surface area contributed by atoms with Crippen molar-refractivity contribution in [1.29, 1.82) is 0 Å². The summed E-state index contributed by atoms with van der Waals surface area (Å²) in [6.07, 6.45) is 1.02. The number of ether oxygens (including phenoxy) is 1. The van der Waals surface area contributed by atoms with Crippen LogP contribution < -0.4 is 4.74 Å². The Labute approximate surface area is 162 Å². The van der Waals surface area contributed by atoms with Crippen LogP contribution in [0.15, 0.2) is 34.9 Å². The molecule has 1 aromatic heterocycles. The standard InChI is InChI=1S/C19H22ClN3O4/c1-14-13-16(21-27-14)19(25)23-10-8-22(9-11-23)18(24)7-4-12-26-17-6-3-2-5-15(17)20/h2-3,5-6,13H,4,7-12H2,1H3. The summed E-state index contributed by atoms with van der Waals surface area (Å²) in [6.45, 7) is 4.20. The number of benzene rings is 1. The van der Waals surface area contributed by atoms with Crippen molar-refractivity contribution >= 4 is 23.4 Å². The minimum atomic E-state index is -0.160. The highest BCUT2D eigenvalue weighted by molar-refractivity contribution is 6.32. The normalized spacial score (nSPS) is 14.3. The molecule has 1 fully saturated rings. The summed E-state index contributed by atoms with van der Waals surface area (Å²) < 4.78 is 10.6. The van der Waals surface area contributed by atoms with Gasteiger partial charge in [-0.25, -0.2) is 0 Å². The van der Waals surface area contributed by atoms with Crippen molar-refractivity contribution in [1.82, 2.24) is 15.0 Å². The van der Waals surface area contributed by atoms with E-state index in [0.717, 1.165) is 0 Å². The van der Waals surface area contributed by atoms with Gasteiger partial charge in [-0.1, -0.05) is 28.9 Å². The lowest BCUT2D eigenvalue weighted by Crippen LogP contribution is -2.50. The van der Waals surface area contributed by atoms with Gasteiger partial charge in [-0.05, 0) is 25.5 Å². The molecule has 144 valence electrons. The molecule has 0 radical (unpaired) electrons. The number of para-hydroxylation sites is 1. The summed E-state index contributed by atoms with van der Waals surface area (Å²) in [7, 11) is 0. The SMILES string of the molecule is Cc1cc(C(=O)N2CCN(C(=O)CCCOc3ccccc3Cl)CC2)no1. The van der Waals surface area contributed by atoms with Gasteiger partial charge in [0.25, 0.3) is 5.91 Å². The zero-order valence-electron chi connectivity index (χ0n) is 15.2. The van der Waals surface area contributed by atoms with Crippen molar-refractivity contribution in [2.75, 3.05) is 32.8 Å². The Bertz CT molecular complexity index is 800. The molecule has 3 rings (SSSR count). The third-order valence-electron chi connectivity index (χ3n) is 4.40. The first-order chi connectivity index (χ1) is 13.0. The van der Waals surface area contributed by atoms with E-state index >= 15 is 0 Å². The van der Waals surface area contributed by atoms with Gasteiger partial charge in [-0.15, -0.1) is 0 Å². The van der Waals surface area contributed by atoms with Gasteiger partial charge in [0, 0.05) is 38.7 Å². The number of amides is 2. The number of hydrogen-bond donors (Lipinski definition) is 0. The van der Waals surface area contributed by atoms with E-state index in [1.807, 2.05) is 12.1 Å². The Hall–Kier alpha value is -2.54. The van der Waals surface area contributed by atoms with Crippen molar-refractivity contribution in [3.63, 3.8) is 0 Å². The molecule has 0 aliphatic carbocycles. The van der Waals surface area contributed by atoms with Crippen molar-refractivity contribution in [2.24, 2.45) is 0 Å². The first kappa shape index (κ1) is 19.2. The van der Waals surface area contributed by atoms with Crippen molar-refractivity contribution in [2.45, 2.75) is 19.8 Å². The minimum Gasteiger partial charge on any atom is -0.492 e. The maximum atomic E-state index is 12.3. The highest BCUT2D eigenvalue weighted by atomic mass is 35.5. The van der Waals surface area contributed by atoms with Gasteiger partial charge in [0.05, 0.1) is 11.6 Å². The lowest BCUT2D eigenvalue weighted by atomic mass is 10.2. The number of rotatable bonds is 6. The summed E-state index contributed by atoms with van der Waals surface area (Å²) in [5.41, 5.74) is 0.309. The Morgan fingerprint density at radius 1 is 1.19 bits per heavy atom. The Balaban J connectivity index is 1.38. The van der Waals surface area contributed by atoms with Gasteiger partial charge in [0.1, 0.15) is 11.5 Å². The molecule has 1 aromatic carbocycles. The van der Waals surface area contributed by atoms with E-state index in [9.17, 15) is 9.59 Å².